The summed E-state index contributed by atoms with van der Waals surface area (Å²) in [6.07, 6.45) is 1.23. The van der Waals surface area contributed by atoms with Crippen molar-refractivity contribution in [2.24, 2.45) is 0 Å². The molecular weight excluding hydrogens is 358 g/mol. The fraction of sp³-hybridized carbons (Fsp3) is 0.118. The summed E-state index contributed by atoms with van der Waals surface area (Å²) in [5.74, 6) is -0.265. The van der Waals surface area contributed by atoms with Crippen molar-refractivity contribution in [3.05, 3.63) is 69.1 Å². The minimum atomic E-state index is -0.302. The van der Waals surface area contributed by atoms with E-state index < -0.39 is 0 Å². The first-order valence-corrected chi connectivity index (χ1v) is 7.84. The number of nitrogens with zero attached hydrogens (tertiary/aromatic N) is 2. The average Bonchev–Trinajstić information content (AvgIpc) is 2.54. The molecule has 0 aliphatic heterocycles. The van der Waals surface area contributed by atoms with Crippen LogP contribution in [0.1, 0.15) is 5.56 Å². The Bertz CT molecular complexity index is 950. The molecule has 1 aromatic heterocycles. The minimum Gasteiger partial charge on any atom is -0.324 e. The Morgan fingerprint density at radius 2 is 2.04 bits per heavy atom. The SMILES string of the molecule is Cc1ccc(NC(=O)Cn2c(=O)cnc3ccccc32)cc1Br. The van der Waals surface area contributed by atoms with Gasteiger partial charge in [-0.05, 0) is 36.8 Å². The molecular formula is C17H14BrN3O2. The zero-order chi connectivity index (χ0) is 16.4. The van der Waals surface area contributed by atoms with Crippen molar-refractivity contribution < 1.29 is 4.79 Å². The first-order valence-electron chi connectivity index (χ1n) is 7.05. The number of halogens is 1. The number of nitrogens with one attached hydrogen (secondary N) is 1. The molecule has 23 heavy (non-hydrogen) atoms. The highest BCUT2D eigenvalue weighted by Crippen LogP contribution is 2.20. The molecule has 0 radical (unpaired) electrons. The second-order valence-electron chi connectivity index (χ2n) is 5.18. The maximum Gasteiger partial charge on any atom is 0.269 e. The van der Waals surface area contributed by atoms with Gasteiger partial charge in [-0.2, -0.15) is 0 Å². The molecule has 0 aliphatic rings. The molecule has 0 spiro atoms. The number of rotatable bonds is 3. The molecule has 0 unspecified atom stereocenters. The van der Waals surface area contributed by atoms with Crippen molar-refractivity contribution in [3.63, 3.8) is 0 Å². The molecule has 6 heteroatoms. The average molecular weight is 372 g/mol. The van der Waals surface area contributed by atoms with Crippen molar-refractivity contribution in [2.75, 3.05) is 5.32 Å². The zero-order valence-electron chi connectivity index (χ0n) is 12.4. The van der Waals surface area contributed by atoms with Crippen LogP contribution in [0.25, 0.3) is 11.0 Å². The van der Waals surface area contributed by atoms with Gasteiger partial charge in [0, 0.05) is 10.2 Å². The summed E-state index contributed by atoms with van der Waals surface area (Å²) in [6, 6.07) is 12.8. The Kier molecular flexibility index (Phi) is 4.25. The Hall–Kier alpha value is -2.47. The molecule has 1 N–H and O–H groups in total. The van der Waals surface area contributed by atoms with E-state index in [1.165, 1.54) is 10.8 Å². The molecule has 0 saturated heterocycles. The molecule has 0 aliphatic carbocycles. The first-order chi connectivity index (χ1) is 11.0. The minimum absolute atomic E-state index is 0.0621. The van der Waals surface area contributed by atoms with E-state index >= 15 is 0 Å². The fourth-order valence-electron chi connectivity index (χ4n) is 2.29. The van der Waals surface area contributed by atoms with Crippen molar-refractivity contribution in [2.45, 2.75) is 13.5 Å². The molecule has 0 bridgehead atoms. The van der Waals surface area contributed by atoms with Gasteiger partial charge < -0.3 is 5.32 Å². The van der Waals surface area contributed by atoms with Gasteiger partial charge in [0.05, 0.1) is 17.2 Å². The van der Waals surface area contributed by atoms with Gasteiger partial charge in [-0.15, -0.1) is 0 Å². The van der Waals surface area contributed by atoms with E-state index in [0.29, 0.717) is 16.7 Å². The number of carbonyl (C=O) groups excluding carboxylic acids is 1. The summed E-state index contributed by atoms with van der Waals surface area (Å²) >= 11 is 3.43. The molecule has 0 atom stereocenters. The Morgan fingerprint density at radius 1 is 1.26 bits per heavy atom. The molecule has 0 fully saturated rings. The quantitative estimate of drug-likeness (QED) is 0.769. The van der Waals surface area contributed by atoms with Gasteiger partial charge in [-0.25, -0.2) is 4.98 Å². The molecule has 5 nitrogen and oxygen atoms in total. The maximum atomic E-state index is 12.3. The lowest BCUT2D eigenvalue weighted by Gasteiger charge is -2.10. The lowest BCUT2D eigenvalue weighted by atomic mass is 10.2. The number of aryl methyl sites for hydroxylation is 1. The van der Waals surface area contributed by atoms with Crippen molar-refractivity contribution in [1.29, 1.82) is 0 Å². The number of hydrogen-bond acceptors (Lipinski definition) is 3. The van der Waals surface area contributed by atoms with Gasteiger partial charge >= 0.3 is 0 Å². The van der Waals surface area contributed by atoms with Crippen LogP contribution in [0.15, 0.2) is 57.9 Å². The molecule has 3 rings (SSSR count). The molecule has 1 amide bonds. The van der Waals surface area contributed by atoms with E-state index in [1.807, 2.05) is 37.3 Å². The Morgan fingerprint density at radius 3 is 2.83 bits per heavy atom. The molecule has 2 aromatic carbocycles. The number of para-hydroxylation sites is 2. The number of aromatic nitrogens is 2. The highest BCUT2D eigenvalue weighted by molar-refractivity contribution is 9.10. The van der Waals surface area contributed by atoms with E-state index in [-0.39, 0.29) is 18.0 Å². The summed E-state index contributed by atoms with van der Waals surface area (Å²) in [4.78, 5) is 28.4. The topological polar surface area (TPSA) is 64.0 Å². The molecule has 1 heterocycles. The Labute approximate surface area is 141 Å². The second kappa shape index (κ2) is 6.34. The number of amides is 1. The summed E-state index contributed by atoms with van der Waals surface area (Å²) < 4.78 is 2.34. The number of anilines is 1. The molecule has 116 valence electrons. The van der Waals surface area contributed by atoms with Crippen molar-refractivity contribution in [3.8, 4) is 0 Å². The van der Waals surface area contributed by atoms with Crippen molar-refractivity contribution in [1.82, 2.24) is 9.55 Å². The van der Waals surface area contributed by atoms with Gasteiger partial charge in [0.2, 0.25) is 5.91 Å². The lowest BCUT2D eigenvalue weighted by Crippen LogP contribution is -2.27. The third-order valence-corrected chi connectivity index (χ3v) is 4.36. The second-order valence-corrected chi connectivity index (χ2v) is 6.04. The van der Waals surface area contributed by atoms with Gasteiger partial charge in [0.25, 0.3) is 5.56 Å². The summed E-state index contributed by atoms with van der Waals surface area (Å²) in [5.41, 5.74) is 2.78. The predicted molar refractivity (Wildman–Crippen MR) is 93.5 cm³/mol. The third-order valence-electron chi connectivity index (χ3n) is 3.51. The van der Waals surface area contributed by atoms with Gasteiger partial charge in [0.1, 0.15) is 6.54 Å². The highest BCUT2D eigenvalue weighted by Gasteiger charge is 2.09. The Balaban J connectivity index is 1.87. The van der Waals surface area contributed by atoms with Crippen molar-refractivity contribution >= 4 is 38.6 Å². The van der Waals surface area contributed by atoms with E-state index in [9.17, 15) is 9.59 Å². The number of carbonyl (C=O) groups is 1. The van der Waals surface area contributed by atoms with Crippen LogP contribution in [0, 0.1) is 6.92 Å². The van der Waals surface area contributed by atoms with Crippen LogP contribution in [0.2, 0.25) is 0 Å². The van der Waals surface area contributed by atoms with Crippen LogP contribution in [-0.4, -0.2) is 15.5 Å². The van der Waals surface area contributed by atoms with Gasteiger partial charge in [-0.1, -0.05) is 34.1 Å². The van der Waals surface area contributed by atoms with E-state index in [2.05, 4.69) is 26.2 Å². The van der Waals surface area contributed by atoms with E-state index in [1.54, 1.807) is 12.1 Å². The summed E-state index contributed by atoms with van der Waals surface area (Å²) in [6.45, 7) is 1.91. The summed E-state index contributed by atoms with van der Waals surface area (Å²) in [5, 5.41) is 2.80. The van der Waals surface area contributed by atoms with E-state index in [0.717, 1.165) is 10.0 Å². The van der Waals surface area contributed by atoms with Crippen LogP contribution in [0.5, 0.6) is 0 Å². The highest BCUT2D eigenvalue weighted by atomic mass is 79.9. The first kappa shape index (κ1) is 15.4. The molecule has 3 aromatic rings. The van der Waals surface area contributed by atoms with Crippen LogP contribution >= 0.6 is 15.9 Å². The smallest absolute Gasteiger partial charge is 0.269 e. The normalized spacial score (nSPS) is 10.7. The van der Waals surface area contributed by atoms with Gasteiger partial charge in [0.15, 0.2) is 0 Å². The monoisotopic (exact) mass is 371 g/mol. The lowest BCUT2D eigenvalue weighted by molar-refractivity contribution is -0.116. The largest absolute Gasteiger partial charge is 0.324 e. The molecule has 0 saturated carbocycles. The fourth-order valence-corrected chi connectivity index (χ4v) is 2.67. The van der Waals surface area contributed by atoms with Crippen LogP contribution in [0.3, 0.4) is 0 Å². The van der Waals surface area contributed by atoms with Crippen LogP contribution < -0.4 is 10.9 Å². The van der Waals surface area contributed by atoms with E-state index in [4.69, 9.17) is 0 Å². The number of hydrogen-bond donors (Lipinski definition) is 1. The summed E-state index contributed by atoms with van der Waals surface area (Å²) in [7, 11) is 0. The standard InChI is InChI=1S/C17H14BrN3O2/c1-11-6-7-12(8-13(11)18)20-16(22)10-21-15-5-3-2-4-14(15)19-9-17(21)23/h2-9H,10H2,1H3,(H,20,22). The van der Waals surface area contributed by atoms with Crippen LogP contribution in [-0.2, 0) is 11.3 Å². The number of fused-ring (bicyclic) bond motifs is 1. The predicted octanol–water partition coefficient (Wildman–Crippen LogP) is 3.11. The third kappa shape index (κ3) is 3.32. The van der Waals surface area contributed by atoms with Crippen LogP contribution in [0.4, 0.5) is 5.69 Å². The maximum absolute atomic E-state index is 12.3. The number of benzene rings is 2. The zero-order valence-corrected chi connectivity index (χ0v) is 14.0. The van der Waals surface area contributed by atoms with Gasteiger partial charge in [-0.3, -0.25) is 14.2 Å².